The lowest BCUT2D eigenvalue weighted by atomic mass is 9.96. The number of aryl methyl sites for hydroxylation is 3. The van der Waals surface area contributed by atoms with Crippen molar-refractivity contribution in [3.63, 3.8) is 0 Å². The molecule has 0 saturated heterocycles. The number of fused-ring (bicyclic) bond motifs is 2. The molecule has 4 rings (SSSR count). The van der Waals surface area contributed by atoms with Gasteiger partial charge < -0.3 is 9.47 Å². The van der Waals surface area contributed by atoms with Gasteiger partial charge in [-0.2, -0.15) is 0 Å². The van der Waals surface area contributed by atoms with Crippen molar-refractivity contribution >= 4 is 22.3 Å². The molecule has 122 valence electrons. The maximum Gasteiger partial charge on any atom is 0.0488 e. The third-order valence-electron chi connectivity index (χ3n) is 5.33. The lowest BCUT2D eigenvalue weighted by Gasteiger charge is -2.19. The molecule has 0 bridgehead atoms. The molecule has 0 atom stereocenters. The monoisotopic (exact) mass is 316 g/mol. The number of anilines is 1. The van der Waals surface area contributed by atoms with Gasteiger partial charge in [-0.15, -0.1) is 0 Å². The highest BCUT2D eigenvalue weighted by atomic mass is 15.2. The van der Waals surface area contributed by atoms with Crippen molar-refractivity contribution < 1.29 is 0 Å². The first-order valence-electron chi connectivity index (χ1n) is 8.79. The minimum Gasteiger partial charge on any atom is -0.351 e. The Morgan fingerprint density at radius 1 is 1.00 bits per heavy atom. The van der Waals surface area contributed by atoms with E-state index in [0.29, 0.717) is 0 Å². The zero-order chi connectivity index (χ0) is 16.8. The van der Waals surface area contributed by atoms with Gasteiger partial charge in [-0.1, -0.05) is 26.5 Å². The lowest BCUT2D eigenvalue weighted by molar-refractivity contribution is 0.968. The molecule has 0 N–H and O–H groups in total. The highest BCUT2D eigenvalue weighted by molar-refractivity contribution is 5.90. The number of hydrogen-bond acceptors (Lipinski definition) is 1. The van der Waals surface area contributed by atoms with Crippen LogP contribution in [0.15, 0.2) is 49.2 Å². The molecule has 0 unspecified atom stereocenters. The second-order valence-corrected chi connectivity index (χ2v) is 6.69. The van der Waals surface area contributed by atoms with Crippen LogP contribution in [-0.4, -0.2) is 4.57 Å². The second kappa shape index (κ2) is 5.55. The minimum absolute atomic E-state index is 0.920. The molecule has 1 aliphatic rings. The average Bonchev–Trinajstić information content (AvgIpc) is 3.13. The molecule has 0 spiro atoms. The molecule has 0 amide bonds. The van der Waals surface area contributed by atoms with Crippen molar-refractivity contribution in [2.45, 2.75) is 33.2 Å². The Morgan fingerprint density at radius 3 is 2.50 bits per heavy atom. The summed E-state index contributed by atoms with van der Waals surface area (Å²) < 4.78 is 2.16. The first kappa shape index (κ1) is 15.1. The summed E-state index contributed by atoms with van der Waals surface area (Å²) >= 11 is 0. The van der Waals surface area contributed by atoms with Crippen molar-refractivity contribution in [2.24, 2.45) is 7.05 Å². The van der Waals surface area contributed by atoms with E-state index >= 15 is 0 Å². The number of nitrogens with zero attached hydrogens (tertiary/aromatic N) is 2. The van der Waals surface area contributed by atoms with Crippen LogP contribution in [0.25, 0.3) is 16.6 Å². The summed E-state index contributed by atoms with van der Waals surface area (Å²) in [5.41, 5.74) is 9.27. The molecule has 2 nitrogen and oxygen atoms in total. The van der Waals surface area contributed by atoms with Crippen molar-refractivity contribution in [3.8, 4) is 0 Å². The predicted molar refractivity (Wildman–Crippen MR) is 103 cm³/mol. The molecule has 0 fully saturated rings. The normalized spacial score (nSPS) is 13.8. The van der Waals surface area contributed by atoms with Gasteiger partial charge in [0.1, 0.15) is 0 Å². The maximum atomic E-state index is 4.39. The van der Waals surface area contributed by atoms with Crippen molar-refractivity contribution in [1.82, 2.24) is 4.57 Å². The van der Waals surface area contributed by atoms with Crippen molar-refractivity contribution in [1.29, 1.82) is 0 Å². The van der Waals surface area contributed by atoms with E-state index in [0.717, 1.165) is 25.1 Å². The summed E-state index contributed by atoms with van der Waals surface area (Å²) in [6.07, 6.45) is 4.29. The summed E-state index contributed by atoms with van der Waals surface area (Å²) in [6.45, 7) is 9.79. The van der Waals surface area contributed by atoms with E-state index in [1.807, 2.05) is 0 Å². The molecule has 2 heterocycles. The van der Waals surface area contributed by atoms with Crippen LogP contribution in [0.5, 0.6) is 0 Å². The van der Waals surface area contributed by atoms with Crippen LogP contribution in [0.2, 0.25) is 0 Å². The van der Waals surface area contributed by atoms with Crippen LogP contribution in [0, 0.1) is 0 Å². The van der Waals surface area contributed by atoms with E-state index < -0.39 is 0 Å². The smallest absolute Gasteiger partial charge is 0.0488 e. The van der Waals surface area contributed by atoms with Gasteiger partial charge in [0.25, 0.3) is 0 Å². The van der Waals surface area contributed by atoms with Crippen LogP contribution in [0.3, 0.4) is 0 Å². The van der Waals surface area contributed by atoms with Gasteiger partial charge >= 0.3 is 0 Å². The van der Waals surface area contributed by atoms with E-state index in [-0.39, 0.29) is 0 Å². The minimum atomic E-state index is 0.920. The van der Waals surface area contributed by atoms with Crippen LogP contribution >= 0.6 is 0 Å². The lowest BCUT2D eigenvalue weighted by Crippen LogP contribution is -2.12. The number of rotatable bonds is 3. The van der Waals surface area contributed by atoms with E-state index in [1.54, 1.807) is 0 Å². The number of hydrogen-bond donors (Lipinski definition) is 0. The van der Waals surface area contributed by atoms with Gasteiger partial charge in [0.05, 0.1) is 0 Å². The highest BCUT2D eigenvalue weighted by Crippen LogP contribution is 2.38. The van der Waals surface area contributed by atoms with Gasteiger partial charge in [0.15, 0.2) is 0 Å². The standard InChI is InChI=1S/C22H24N2/c1-5-16-11-19-14-24(15(3)21(19)13-17(16)6-2)20-7-8-22-18(12-20)9-10-23(22)4/h7-13H,3,5-6,14H2,1-2,4H3. The topological polar surface area (TPSA) is 8.17 Å². The molecule has 3 aromatic rings. The van der Waals surface area contributed by atoms with Crippen LogP contribution in [-0.2, 0) is 26.4 Å². The summed E-state index contributed by atoms with van der Waals surface area (Å²) in [7, 11) is 2.09. The molecule has 2 aromatic carbocycles. The average molecular weight is 316 g/mol. The number of benzene rings is 2. The maximum absolute atomic E-state index is 4.39. The molecular formula is C22H24N2. The third kappa shape index (κ3) is 2.17. The number of aromatic nitrogens is 1. The predicted octanol–water partition coefficient (Wildman–Crippen LogP) is 5.29. The van der Waals surface area contributed by atoms with Crippen LogP contribution in [0.4, 0.5) is 5.69 Å². The molecule has 24 heavy (non-hydrogen) atoms. The van der Waals surface area contributed by atoms with Crippen molar-refractivity contribution in [3.05, 3.63) is 71.4 Å². The first-order chi connectivity index (χ1) is 11.6. The van der Waals surface area contributed by atoms with Gasteiger partial charge in [-0.25, -0.2) is 0 Å². The quantitative estimate of drug-likeness (QED) is 0.637. The molecule has 0 aliphatic carbocycles. The second-order valence-electron chi connectivity index (χ2n) is 6.69. The Labute approximate surface area is 144 Å². The Balaban J connectivity index is 1.76. The molecule has 0 saturated carbocycles. The largest absolute Gasteiger partial charge is 0.351 e. The van der Waals surface area contributed by atoms with Gasteiger partial charge in [0.2, 0.25) is 0 Å². The third-order valence-corrected chi connectivity index (χ3v) is 5.33. The molecule has 1 aliphatic heterocycles. The fourth-order valence-corrected chi connectivity index (χ4v) is 3.89. The Kier molecular flexibility index (Phi) is 3.49. The van der Waals surface area contributed by atoms with Crippen molar-refractivity contribution in [2.75, 3.05) is 4.90 Å². The van der Waals surface area contributed by atoms with Gasteiger partial charge in [-0.05, 0) is 59.9 Å². The molecule has 0 radical (unpaired) electrons. The van der Waals surface area contributed by atoms with Crippen LogP contribution in [0.1, 0.15) is 36.1 Å². The molecular weight excluding hydrogens is 292 g/mol. The van der Waals surface area contributed by atoms with E-state index in [9.17, 15) is 0 Å². The van der Waals surface area contributed by atoms with Crippen LogP contribution < -0.4 is 4.90 Å². The van der Waals surface area contributed by atoms with E-state index in [1.165, 1.54) is 38.8 Å². The van der Waals surface area contributed by atoms with Gasteiger partial charge in [0, 0.05) is 47.6 Å². The zero-order valence-electron chi connectivity index (χ0n) is 14.8. The summed E-state index contributed by atoms with van der Waals surface area (Å²) in [6, 6.07) is 13.6. The van der Waals surface area contributed by atoms with Gasteiger partial charge in [-0.3, -0.25) is 0 Å². The fourth-order valence-electron chi connectivity index (χ4n) is 3.89. The fraction of sp³-hybridized carbons (Fsp3) is 0.273. The SMILES string of the molecule is C=C1c2cc(CC)c(CC)cc2CN1c1ccc2c(ccn2C)c1. The van der Waals surface area contributed by atoms with E-state index in [2.05, 4.69) is 79.5 Å². The van der Waals surface area contributed by atoms with E-state index in [4.69, 9.17) is 0 Å². The Hall–Kier alpha value is -2.48. The summed E-state index contributed by atoms with van der Waals surface area (Å²) in [4.78, 5) is 2.34. The highest BCUT2D eigenvalue weighted by Gasteiger charge is 2.25. The summed E-state index contributed by atoms with van der Waals surface area (Å²) in [5, 5.41) is 1.28. The molecule has 2 heteroatoms. The zero-order valence-corrected chi connectivity index (χ0v) is 14.8. The summed E-state index contributed by atoms with van der Waals surface area (Å²) in [5.74, 6) is 0. The molecule has 1 aromatic heterocycles. The Morgan fingerprint density at radius 2 is 1.75 bits per heavy atom. The Bertz CT molecular complexity index is 946. The first-order valence-corrected chi connectivity index (χ1v) is 8.79.